The summed E-state index contributed by atoms with van der Waals surface area (Å²) in [5.74, 6) is 0.343. The van der Waals surface area contributed by atoms with Gasteiger partial charge in [-0.15, -0.1) is 11.6 Å². The fourth-order valence-corrected chi connectivity index (χ4v) is 2.30. The van der Waals surface area contributed by atoms with E-state index in [-0.39, 0.29) is 6.04 Å². The molecule has 0 saturated carbocycles. The van der Waals surface area contributed by atoms with Crippen molar-refractivity contribution in [1.82, 2.24) is 5.32 Å². The Bertz CT molecular complexity index is 569. The lowest BCUT2D eigenvalue weighted by Crippen LogP contribution is -2.37. The van der Waals surface area contributed by atoms with Crippen molar-refractivity contribution in [2.45, 2.75) is 12.5 Å². The SMILES string of the molecule is COC(=O)N[C@@H](CCl)Cc1ccc(-c2ccccc2)cc1. The Hall–Kier alpha value is -2.00. The molecule has 21 heavy (non-hydrogen) atoms. The van der Waals surface area contributed by atoms with Crippen LogP contribution in [-0.4, -0.2) is 25.1 Å². The Morgan fingerprint density at radius 3 is 2.29 bits per heavy atom. The molecule has 0 bridgehead atoms. The summed E-state index contributed by atoms with van der Waals surface area (Å²) < 4.78 is 4.59. The minimum absolute atomic E-state index is 0.137. The number of halogens is 1. The number of rotatable bonds is 5. The van der Waals surface area contributed by atoms with Gasteiger partial charge in [0, 0.05) is 11.9 Å². The number of benzene rings is 2. The smallest absolute Gasteiger partial charge is 0.407 e. The van der Waals surface area contributed by atoms with Crippen molar-refractivity contribution in [3.8, 4) is 11.1 Å². The van der Waals surface area contributed by atoms with Gasteiger partial charge in [0.25, 0.3) is 0 Å². The first-order valence-corrected chi connectivity index (χ1v) is 7.31. The second kappa shape index (κ2) is 7.70. The van der Waals surface area contributed by atoms with Crippen molar-refractivity contribution < 1.29 is 9.53 Å². The summed E-state index contributed by atoms with van der Waals surface area (Å²) in [7, 11) is 1.34. The van der Waals surface area contributed by atoms with Crippen LogP contribution in [0.1, 0.15) is 5.56 Å². The van der Waals surface area contributed by atoms with Crippen LogP contribution in [0.3, 0.4) is 0 Å². The maximum absolute atomic E-state index is 11.2. The molecular weight excluding hydrogens is 286 g/mol. The van der Waals surface area contributed by atoms with Crippen LogP contribution in [0.5, 0.6) is 0 Å². The van der Waals surface area contributed by atoms with Gasteiger partial charge in [-0.25, -0.2) is 4.79 Å². The molecule has 0 saturated heterocycles. The summed E-state index contributed by atoms with van der Waals surface area (Å²) in [4.78, 5) is 11.2. The lowest BCUT2D eigenvalue weighted by atomic mass is 10.0. The van der Waals surface area contributed by atoms with Crippen molar-refractivity contribution in [2.24, 2.45) is 0 Å². The van der Waals surface area contributed by atoms with E-state index < -0.39 is 6.09 Å². The minimum atomic E-state index is -0.457. The molecule has 0 aliphatic rings. The monoisotopic (exact) mass is 303 g/mol. The first-order chi connectivity index (χ1) is 10.2. The van der Waals surface area contributed by atoms with Gasteiger partial charge in [-0.05, 0) is 23.1 Å². The molecule has 2 rings (SSSR count). The fraction of sp³-hybridized carbons (Fsp3) is 0.235. The molecule has 3 nitrogen and oxygen atoms in total. The van der Waals surface area contributed by atoms with Gasteiger partial charge >= 0.3 is 6.09 Å². The van der Waals surface area contributed by atoms with E-state index in [1.165, 1.54) is 18.2 Å². The van der Waals surface area contributed by atoms with E-state index in [4.69, 9.17) is 11.6 Å². The number of methoxy groups -OCH3 is 1. The summed E-state index contributed by atoms with van der Waals surface area (Å²) in [6.07, 6.45) is 0.217. The highest BCUT2D eigenvalue weighted by molar-refractivity contribution is 6.18. The summed E-state index contributed by atoms with van der Waals surface area (Å²) in [5, 5.41) is 2.72. The Morgan fingerprint density at radius 1 is 1.10 bits per heavy atom. The highest BCUT2D eigenvalue weighted by atomic mass is 35.5. The van der Waals surface area contributed by atoms with Crippen LogP contribution in [0.25, 0.3) is 11.1 Å². The summed E-state index contributed by atoms with van der Waals surface area (Å²) in [6.45, 7) is 0. The van der Waals surface area contributed by atoms with Gasteiger partial charge < -0.3 is 10.1 Å². The van der Waals surface area contributed by atoms with Gasteiger partial charge in [0.05, 0.1) is 7.11 Å². The van der Waals surface area contributed by atoms with Gasteiger partial charge in [0.2, 0.25) is 0 Å². The maximum atomic E-state index is 11.2. The third kappa shape index (κ3) is 4.50. The van der Waals surface area contributed by atoms with Crippen molar-refractivity contribution in [3.05, 3.63) is 60.2 Å². The molecule has 1 N–H and O–H groups in total. The molecule has 0 heterocycles. The number of amides is 1. The largest absolute Gasteiger partial charge is 0.453 e. The predicted molar refractivity (Wildman–Crippen MR) is 85.6 cm³/mol. The highest BCUT2D eigenvalue weighted by Crippen LogP contribution is 2.19. The molecule has 0 aliphatic carbocycles. The van der Waals surface area contributed by atoms with Gasteiger partial charge in [0.15, 0.2) is 0 Å². The summed E-state index contributed by atoms with van der Waals surface area (Å²) in [6, 6.07) is 18.3. The molecular formula is C17H18ClNO2. The molecule has 0 radical (unpaired) electrons. The number of carbonyl (C=O) groups is 1. The first kappa shape index (κ1) is 15.4. The van der Waals surface area contributed by atoms with E-state index in [2.05, 4.69) is 46.5 Å². The minimum Gasteiger partial charge on any atom is -0.453 e. The fourth-order valence-electron chi connectivity index (χ4n) is 2.12. The Balaban J connectivity index is 2.03. The molecule has 110 valence electrons. The zero-order valence-electron chi connectivity index (χ0n) is 11.9. The Labute approximate surface area is 129 Å². The second-order valence-electron chi connectivity index (χ2n) is 4.75. The molecule has 1 amide bonds. The molecule has 2 aromatic rings. The van der Waals surface area contributed by atoms with Crippen molar-refractivity contribution in [1.29, 1.82) is 0 Å². The van der Waals surface area contributed by atoms with Crippen LogP contribution >= 0.6 is 11.6 Å². The molecule has 2 aromatic carbocycles. The number of ether oxygens (including phenoxy) is 1. The number of alkyl halides is 1. The third-order valence-electron chi connectivity index (χ3n) is 3.24. The number of nitrogens with one attached hydrogen (secondary N) is 1. The van der Waals surface area contributed by atoms with Crippen LogP contribution < -0.4 is 5.32 Å². The van der Waals surface area contributed by atoms with Crippen molar-refractivity contribution in [2.75, 3.05) is 13.0 Å². The van der Waals surface area contributed by atoms with Crippen LogP contribution in [0.4, 0.5) is 4.79 Å². The number of carbonyl (C=O) groups excluding carboxylic acids is 1. The van der Waals surface area contributed by atoms with Crippen LogP contribution in [0, 0.1) is 0 Å². The first-order valence-electron chi connectivity index (χ1n) is 6.77. The van der Waals surface area contributed by atoms with Gasteiger partial charge in [-0.1, -0.05) is 54.6 Å². The zero-order chi connectivity index (χ0) is 15.1. The maximum Gasteiger partial charge on any atom is 0.407 e. The second-order valence-corrected chi connectivity index (χ2v) is 5.06. The number of hydrogen-bond donors (Lipinski definition) is 1. The van der Waals surface area contributed by atoms with Crippen LogP contribution in [0.15, 0.2) is 54.6 Å². The average molecular weight is 304 g/mol. The van der Waals surface area contributed by atoms with Crippen LogP contribution in [0.2, 0.25) is 0 Å². The highest BCUT2D eigenvalue weighted by Gasteiger charge is 2.12. The van der Waals surface area contributed by atoms with Gasteiger partial charge in [-0.3, -0.25) is 0 Å². The zero-order valence-corrected chi connectivity index (χ0v) is 12.6. The average Bonchev–Trinajstić information content (AvgIpc) is 2.55. The number of hydrogen-bond acceptors (Lipinski definition) is 2. The van der Waals surface area contributed by atoms with Gasteiger partial charge in [-0.2, -0.15) is 0 Å². The predicted octanol–water partition coefficient (Wildman–Crippen LogP) is 3.86. The normalized spacial score (nSPS) is 11.7. The Kier molecular flexibility index (Phi) is 5.64. The van der Waals surface area contributed by atoms with E-state index in [0.29, 0.717) is 12.3 Å². The van der Waals surface area contributed by atoms with E-state index in [0.717, 1.165) is 5.56 Å². The topological polar surface area (TPSA) is 38.3 Å². The van der Waals surface area contributed by atoms with E-state index in [1.54, 1.807) is 0 Å². The molecule has 4 heteroatoms. The quantitative estimate of drug-likeness (QED) is 0.852. The standard InChI is InChI=1S/C17H18ClNO2/c1-21-17(20)19-16(12-18)11-13-7-9-15(10-8-13)14-5-3-2-4-6-14/h2-10,16H,11-12H2,1H3,(H,19,20)/t16-/m1/s1. The van der Waals surface area contributed by atoms with E-state index >= 15 is 0 Å². The van der Waals surface area contributed by atoms with Crippen LogP contribution in [-0.2, 0) is 11.2 Å². The third-order valence-corrected chi connectivity index (χ3v) is 3.61. The van der Waals surface area contributed by atoms with Gasteiger partial charge in [0.1, 0.15) is 0 Å². The Morgan fingerprint density at radius 2 is 1.71 bits per heavy atom. The molecule has 0 aromatic heterocycles. The summed E-state index contributed by atoms with van der Waals surface area (Å²) in [5.41, 5.74) is 3.48. The molecule has 0 aliphatic heterocycles. The van der Waals surface area contributed by atoms with Crippen molar-refractivity contribution in [3.63, 3.8) is 0 Å². The molecule has 0 unspecified atom stereocenters. The van der Waals surface area contributed by atoms with E-state index in [1.807, 2.05) is 18.2 Å². The molecule has 0 spiro atoms. The lowest BCUT2D eigenvalue weighted by Gasteiger charge is -2.15. The molecule has 0 fully saturated rings. The molecule has 1 atom stereocenters. The number of alkyl carbamates (subject to hydrolysis) is 1. The van der Waals surface area contributed by atoms with Crippen molar-refractivity contribution >= 4 is 17.7 Å². The summed E-state index contributed by atoms with van der Waals surface area (Å²) >= 11 is 5.88. The van der Waals surface area contributed by atoms with E-state index in [9.17, 15) is 4.79 Å². The lowest BCUT2D eigenvalue weighted by molar-refractivity contribution is 0.167.